The van der Waals surface area contributed by atoms with Crippen LogP contribution in [0.15, 0.2) is 53.6 Å². The molecule has 2 N–H and O–H groups in total. The molecule has 4 aromatic rings. The van der Waals surface area contributed by atoms with Crippen LogP contribution in [0.2, 0.25) is 0 Å². The monoisotopic (exact) mass is 548 g/mol. The standard InChI is InChI=1S/C29H33FN6O2S/c1-18-16-24(17-19(2)27(18)30)36-28(26-20(3)32-11-8-25(26)33-36)35-13-12-34(29(35)37)23-6-4-21(5-7-23)22-9-14-39(31,38)15-10-22/h4-7,12-13,16-17,20,22,31-32H,8-11,14-15H2,1-3H3/t20-,22?,39?/m0/s1. The summed E-state index contributed by atoms with van der Waals surface area (Å²) in [6.45, 7) is 6.35. The second kappa shape index (κ2) is 9.60. The van der Waals surface area contributed by atoms with Crippen molar-refractivity contribution < 1.29 is 8.60 Å². The van der Waals surface area contributed by atoms with Crippen LogP contribution < -0.4 is 11.0 Å². The Morgan fingerprint density at radius 2 is 1.67 bits per heavy atom. The van der Waals surface area contributed by atoms with E-state index in [-0.39, 0.29) is 23.5 Å². The number of rotatable bonds is 4. The summed E-state index contributed by atoms with van der Waals surface area (Å²) in [4.78, 5) is 13.8. The third-order valence-corrected chi connectivity index (χ3v) is 9.91. The van der Waals surface area contributed by atoms with Crippen LogP contribution in [0.25, 0.3) is 17.2 Å². The Kier molecular flexibility index (Phi) is 6.34. The van der Waals surface area contributed by atoms with Crippen molar-refractivity contribution in [2.75, 3.05) is 18.1 Å². The number of aromatic nitrogens is 4. The Bertz CT molecular complexity index is 1700. The molecular formula is C29H33FN6O2S. The van der Waals surface area contributed by atoms with Gasteiger partial charge in [0, 0.05) is 58.2 Å². The maximum absolute atomic E-state index is 14.5. The van der Waals surface area contributed by atoms with E-state index in [1.807, 2.05) is 24.3 Å². The minimum atomic E-state index is -2.42. The lowest BCUT2D eigenvalue weighted by molar-refractivity contribution is 0.536. The van der Waals surface area contributed by atoms with Crippen LogP contribution in [0.4, 0.5) is 4.39 Å². The van der Waals surface area contributed by atoms with Crippen molar-refractivity contribution in [3.05, 3.63) is 93.0 Å². The Labute approximate surface area is 227 Å². The molecule has 2 aromatic carbocycles. The first-order valence-electron chi connectivity index (χ1n) is 13.4. The molecule has 0 aliphatic carbocycles. The van der Waals surface area contributed by atoms with Crippen molar-refractivity contribution in [2.45, 2.75) is 52.0 Å². The molecule has 2 aliphatic heterocycles. The number of hydrogen-bond acceptors (Lipinski definition) is 5. The lowest BCUT2D eigenvalue weighted by atomic mass is 9.93. The maximum Gasteiger partial charge on any atom is 0.338 e. The van der Waals surface area contributed by atoms with Crippen molar-refractivity contribution >= 4 is 9.73 Å². The van der Waals surface area contributed by atoms with Crippen molar-refractivity contribution in [3.8, 4) is 17.2 Å². The molecule has 0 unspecified atom stereocenters. The van der Waals surface area contributed by atoms with Gasteiger partial charge in [-0.25, -0.2) is 18.1 Å². The molecule has 2 aromatic heterocycles. The lowest BCUT2D eigenvalue weighted by Crippen LogP contribution is -2.30. The highest BCUT2D eigenvalue weighted by Crippen LogP contribution is 2.32. The molecule has 0 radical (unpaired) electrons. The van der Waals surface area contributed by atoms with Gasteiger partial charge >= 0.3 is 5.69 Å². The van der Waals surface area contributed by atoms with Crippen molar-refractivity contribution in [3.63, 3.8) is 0 Å². The molecule has 1 fully saturated rings. The number of halogens is 1. The first-order valence-corrected chi connectivity index (χ1v) is 15.3. The first-order chi connectivity index (χ1) is 18.6. The SMILES string of the molecule is Cc1cc(-n2nc3c(c2-n2ccn(-c4ccc(C5CCS(=N)(=O)CC5)cc4)c2=O)[C@H](C)NCC3)cc(C)c1F. The van der Waals surface area contributed by atoms with Gasteiger partial charge in [-0.1, -0.05) is 12.1 Å². The average molecular weight is 549 g/mol. The van der Waals surface area contributed by atoms with E-state index in [9.17, 15) is 13.4 Å². The van der Waals surface area contributed by atoms with E-state index < -0.39 is 9.73 Å². The predicted octanol–water partition coefficient (Wildman–Crippen LogP) is 4.70. The fourth-order valence-electron chi connectivity index (χ4n) is 5.95. The number of hydrogen-bond donors (Lipinski definition) is 2. The van der Waals surface area contributed by atoms with E-state index in [1.54, 1.807) is 52.2 Å². The molecule has 8 nitrogen and oxygen atoms in total. The second-order valence-corrected chi connectivity index (χ2v) is 13.3. The van der Waals surface area contributed by atoms with E-state index in [1.165, 1.54) is 0 Å². The fraction of sp³-hybridized carbons (Fsp3) is 0.379. The number of imidazole rings is 1. The third-order valence-electron chi connectivity index (χ3n) is 8.12. The largest absolute Gasteiger partial charge is 0.338 e. The minimum absolute atomic E-state index is 0.00332. The summed E-state index contributed by atoms with van der Waals surface area (Å²) < 4.78 is 39.3. The van der Waals surface area contributed by atoms with Gasteiger partial charge in [0.1, 0.15) is 11.6 Å². The molecule has 1 saturated heterocycles. The van der Waals surface area contributed by atoms with Gasteiger partial charge in [0.15, 0.2) is 0 Å². The maximum atomic E-state index is 14.5. The van der Waals surface area contributed by atoms with Crippen LogP contribution in [0.5, 0.6) is 0 Å². The zero-order chi connectivity index (χ0) is 27.5. The van der Waals surface area contributed by atoms with Crippen LogP contribution in [-0.4, -0.2) is 41.2 Å². The van der Waals surface area contributed by atoms with E-state index in [0.29, 0.717) is 28.5 Å². The number of benzene rings is 2. The van der Waals surface area contributed by atoms with Gasteiger partial charge in [-0.3, -0.25) is 13.9 Å². The van der Waals surface area contributed by atoms with Crippen molar-refractivity contribution in [2.24, 2.45) is 0 Å². The highest BCUT2D eigenvalue weighted by molar-refractivity contribution is 7.92. The van der Waals surface area contributed by atoms with Crippen LogP contribution in [0, 0.1) is 24.4 Å². The molecule has 6 rings (SSSR count). The van der Waals surface area contributed by atoms with E-state index >= 15 is 0 Å². The number of nitrogens with zero attached hydrogens (tertiary/aromatic N) is 4. The van der Waals surface area contributed by atoms with E-state index in [4.69, 9.17) is 9.88 Å². The molecule has 1 atom stereocenters. The highest BCUT2D eigenvalue weighted by atomic mass is 32.2. The van der Waals surface area contributed by atoms with Gasteiger partial charge in [0.2, 0.25) is 0 Å². The molecule has 0 spiro atoms. The molecular weight excluding hydrogens is 515 g/mol. The Morgan fingerprint density at radius 3 is 2.33 bits per heavy atom. The van der Waals surface area contributed by atoms with Gasteiger partial charge in [-0.15, -0.1) is 0 Å². The normalized spacial score (nSPS) is 23.1. The summed E-state index contributed by atoms with van der Waals surface area (Å²) in [5, 5.41) is 8.39. The minimum Gasteiger partial charge on any atom is -0.310 e. The molecule has 2 aliphatic rings. The summed E-state index contributed by atoms with van der Waals surface area (Å²) in [6.07, 6.45) is 5.77. The number of nitrogens with one attached hydrogen (secondary N) is 2. The van der Waals surface area contributed by atoms with Crippen molar-refractivity contribution in [1.29, 1.82) is 4.78 Å². The summed E-state index contributed by atoms with van der Waals surface area (Å²) in [5.74, 6) is 1.61. The number of fused-ring (bicyclic) bond motifs is 1. The summed E-state index contributed by atoms with van der Waals surface area (Å²) in [5.41, 5.74) is 5.37. The molecule has 0 saturated carbocycles. The summed E-state index contributed by atoms with van der Waals surface area (Å²) in [7, 11) is -2.42. The Balaban J connectivity index is 1.41. The molecule has 0 amide bonds. The number of aryl methyl sites for hydroxylation is 2. The second-order valence-electron chi connectivity index (χ2n) is 10.8. The van der Waals surface area contributed by atoms with Gasteiger partial charge < -0.3 is 5.32 Å². The molecule has 4 heterocycles. The smallest absolute Gasteiger partial charge is 0.310 e. The third kappa shape index (κ3) is 4.55. The molecule has 204 valence electrons. The fourth-order valence-corrected chi connectivity index (χ4v) is 7.48. The van der Waals surface area contributed by atoms with Gasteiger partial charge in [-0.05, 0) is 80.5 Å². The van der Waals surface area contributed by atoms with Crippen LogP contribution >= 0.6 is 0 Å². The zero-order valence-electron chi connectivity index (χ0n) is 22.4. The average Bonchev–Trinajstić information content (AvgIpc) is 3.48. The van der Waals surface area contributed by atoms with Crippen LogP contribution in [0.3, 0.4) is 0 Å². The quantitative estimate of drug-likeness (QED) is 0.386. The van der Waals surface area contributed by atoms with Crippen molar-refractivity contribution in [1.82, 2.24) is 24.2 Å². The lowest BCUT2D eigenvalue weighted by Gasteiger charge is -2.24. The van der Waals surface area contributed by atoms with Gasteiger partial charge in [0.25, 0.3) is 0 Å². The molecule has 39 heavy (non-hydrogen) atoms. The Morgan fingerprint density at radius 1 is 1.03 bits per heavy atom. The van der Waals surface area contributed by atoms with Gasteiger partial charge in [0.05, 0.1) is 17.1 Å². The van der Waals surface area contributed by atoms with E-state index in [2.05, 4.69) is 12.2 Å². The van der Waals surface area contributed by atoms with E-state index in [0.717, 1.165) is 54.0 Å². The Hall–Kier alpha value is -3.50. The van der Waals surface area contributed by atoms with Crippen LogP contribution in [-0.2, 0) is 16.1 Å². The molecule has 0 bridgehead atoms. The highest BCUT2D eigenvalue weighted by Gasteiger charge is 2.29. The first kappa shape index (κ1) is 25.8. The van der Waals surface area contributed by atoms with Gasteiger partial charge in [-0.2, -0.15) is 5.10 Å². The zero-order valence-corrected chi connectivity index (χ0v) is 23.2. The van der Waals surface area contributed by atoms with Crippen LogP contribution in [0.1, 0.15) is 59.7 Å². The summed E-state index contributed by atoms with van der Waals surface area (Å²) in [6, 6.07) is 11.5. The predicted molar refractivity (Wildman–Crippen MR) is 151 cm³/mol. The summed E-state index contributed by atoms with van der Waals surface area (Å²) >= 11 is 0. The molecule has 10 heteroatoms. The topological polar surface area (TPSA) is 97.7 Å².